The van der Waals surface area contributed by atoms with E-state index in [4.69, 9.17) is 4.74 Å². The molecule has 0 aliphatic carbocycles. The zero-order valence-electron chi connectivity index (χ0n) is 17.7. The van der Waals surface area contributed by atoms with Crippen molar-refractivity contribution < 1.29 is 14.5 Å². The zero-order valence-corrected chi connectivity index (χ0v) is 17.7. The van der Waals surface area contributed by atoms with Crippen molar-refractivity contribution in [2.24, 2.45) is 0 Å². The van der Waals surface area contributed by atoms with Crippen LogP contribution in [-0.4, -0.2) is 28.2 Å². The van der Waals surface area contributed by atoms with Crippen LogP contribution in [0.4, 0.5) is 5.69 Å². The molecule has 0 fully saturated rings. The fourth-order valence-electron chi connectivity index (χ4n) is 3.21. The summed E-state index contributed by atoms with van der Waals surface area (Å²) in [5.41, 5.74) is 2.11. The molecule has 0 saturated carbocycles. The van der Waals surface area contributed by atoms with E-state index in [2.05, 4.69) is 0 Å². The van der Waals surface area contributed by atoms with Crippen LogP contribution in [0.5, 0.6) is 5.75 Å². The molecule has 3 rings (SSSR count). The predicted molar refractivity (Wildman–Crippen MR) is 120 cm³/mol. The van der Waals surface area contributed by atoms with Crippen LogP contribution >= 0.6 is 0 Å². The Kier molecular flexibility index (Phi) is 7.51. The number of benzene rings is 3. The average molecular weight is 418 g/mol. The highest BCUT2D eigenvalue weighted by molar-refractivity contribution is 5.98. The summed E-state index contributed by atoms with van der Waals surface area (Å²) in [6.07, 6.45) is 0. The Bertz CT molecular complexity index is 1020. The minimum atomic E-state index is -0.513. The highest BCUT2D eigenvalue weighted by atomic mass is 16.6. The number of hydrogen-bond acceptors (Lipinski definition) is 5. The SMILES string of the molecule is CC(C)N(CC(=O)c1ccc(OCc2ccccc2)c([N+](=O)[O-])c1)Cc1ccccc1. The van der Waals surface area contributed by atoms with Gasteiger partial charge in [-0.3, -0.25) is 19.8 Å². The molecule has 6 heteroatoms. The maximum absolute atomic E-state index is 12.9. The molecule has 6 nitrogen and oxygen atoms in total. The first-order valence-electron chi connectivity index (χ1n) is 10.2. The van der Waals surface area contributed by atoms with Gasteiger partial charge in [-0.05, 0) is 37.1 Å². The van der Waals surface area contributed by atoms with E-state index in [0.717, 1.165) is 11.1 Å². The van der Waals surface area contributed by atoms with Gasteiger partial charge in [0, 0.05) is 24.2 Å². The van der Waals surface area contributed by atoms with Crippen molar-refractivity contribution in [1.82, 2.24) is 4.90 Å². The van der Waals surface area contributed by atoms with Crippen molar-refractivity contribution in [3.05, 3.63) is 106 Å². The van der Waals surface area contributed by atoms with Crippen LogP contribution in [0, 0.1) is 10.1 Å². The van der Waals surface area contributed by atoms with Crippen molar-refractivity contribution in [2.75, 3.05) is 6.54 Å². The largest absolute Gasteiger partial charge is 0.482 e. The maximum Gasteiger partial charge on any atom is 0.311 e. The van der Waals surface area contributed by atoms with Gasteiger partial charge in [-0.1, -0.05) is 60.7 Å². The molecular weight excluding hydrogens is 392 g/mol. The minimum absolute atomic E-state index is 0.146. The summed E-state index contributed by atoms with van der Waals surface area (Å²) >= 11 is 0. The third-order valence-corrected chi connectivity index (χ3v) is 5.02. The summed E-state index contributed by atoms with van der Waals surface area (Å²) in [7, 11) is 0. The Morgan fingerprint density at radius 2 is 1.58 bits per heavy atom. The maximum atomic E-state index is 12.9. The standard InChI is InChI=1S/C25H26N2O4/c1-19(2)26(16-20-9-5-3-6-10-20)17-24(28)22-13-14-25(23(15-22)27(29)30)31-18-21-11-7-4-8-12-21/h3-15,19H,16-18H2,1-2H3. The molecule has 0 radical (unpaired) electrons. The molecule has 0 N–H and O–H groups in total. The van der Waals surface area contributed by atoms with Gasteiger partial charge in [-0.2, -0.15) is 0 Å². The summed E-state index contributed by atoms with van der Waals surface area (Å²) in [5.74, 6) is -0.0160. The molecule has 0 amide bonds. The number of rotatable bonds is 10. The van der Waals surface area contributed by atoms with Crippen LogP contribution in [-0.2, 0) is 13.2 Å². The van der Waals surface area contributed by atoms with E-state index in [9.17, 15) is 14.9 Å². The van der Waals surface area contributed by atoms with E-state index in [-0.39, 0.29) is 36.4 Å². The minimum Gasteiger partial charge on any atom is -0.482 e. The Balaban J connectivity index is 1.74. The van der Waals surface area contributed by atoms with E-state index in [1.807, 2.05) is 79.4 Å². The van der Waals surface area contributed by atoms with Gasteiger partial charge in [0.2, 0.25) is 0 Å². The molecule has 160 valence electrons. The Morgan fingerprint density at radius 1 is 0.968 bits per heavy atom. The van der Waals surface area contributed by atoms with Gasteiger partial charge in [-0.25, -0.2) is 0 Å². The first-order chi connectivity index (χ1) is 14.9. The average Bonchev–Trinajstić information content (AvgIpc) is 2.78. The second kappa shape index (κ2) is 10.5. The van der Waals surface area contributed by atoms with Crippen molar-refractivity contribution in [1.29, 1.82) is 0 Å². The smallest absolute Gasteiger partial charge is 0.311 e. The van der Waals surface area contributed by atoms with Crippen molar-refractivity contribution in [3.63, 3.8) is 0 Å². The topological polar surface area (TPSA) is 72.7 Å². The summed E-state index contributed by atoms with van der Waals surface area (Å²) in [6, 6.07) is 23.9. The first kappa shape index (κ1) is 22.2. The van der Waals surface area contributed by atoms with Crippen molar-refractivity contribution in [3.8, 4) is 5.75 Å². The normalized spacial score (nSPS) is 11.0. The number of nitrogens with zero attached hydrogens (tertiary/aromatic N) is 2. The van der Waals surface area contributed by atoms with E-state index in [1.165, 1.54) is 12.1 Å². The monoisotopic (exact) mass is 418 g/mol. The lowest BCUT2D eigenvalue weighted by Gasteiger charge is -2.25. The number of carbonyl (C=O) groups is 1. The van der Waals surface area contributed by atoms with Crippen molar-refractivity contribution >= 4 is 11.5 Å². The van der Waals surface area contributed by atoms with Gasteiger partial charge in [-0.15, -0.1) is 0 Å². The van der Waals surface area contributed by atoms with Crippen LogP contribution < -0.4 is 4.74 Å². The highest BCUT2D eigenvalue weighted by Gasteiger charge is 2.21. The predicted octanol–water partition coefficient (Wildman–Crippen LogP) is 5.27. The molecule has 0 heterocycles. The van der Waals surface area contributed by atoms with E-state index in [1.54, 1.807) is 6.07 Å². The summed E-state index contributed by atoms with van der Waals surface area (Å²) in [5, 5.41) is 11.6. The number of ketones is 1. The van der Waals surface area contributed by atoms with E-state index in [0.29, 0.717) is 12.1 Å². The molecule has 0 aliphatic rings. The van der Waals surface area contributed by atoms with Gasteiger partial charge >= 0.3 is 5.69 Å². The van der Waals surface area contributed by atoms with Crippen LogP contribution in [0.25, 0.3) is 0 Å². The lowest BCUT2D eigenvalue weighted by atomic mass is 10.1. The Labute approximate surface area is 182 Å². The number of hydrogen-bond donors (Lipinski definition) is 0. The van der Waals surface area contributed by atoms with E-state index >= 15 is 0 Å². The van der Waals surface area contributed by atoms with E-state index < -0.39 is 4.92 Å². The third-order valence-electron chi connectivity index (χ3n) is 5.02. The lowest BCUT2D eigenvalue weighted by Crippen LogP contribution is -2.35. The number of nitro benzene ring substituents is 1. The number of ether oxygens (including phenoxy) is 1. The fourth-order valence-corrected chi connectivity index (χ4v) is 3.21. The zero-order chi connectivity index (χ0) is 22.2. The summed E-state index contributed by atoms with van der Waals surface area (Å²) < 4.78 is 5.65. The molecule has 0 atom stereocenters. The van der Waals surface area contributed by atoms with Crippen LogP contribution in [0.3, 0.4) is 0 Å². The molecule has 0 bridgehead atoms. The van der Waals surface area contributed by atoms with Gasteiger partial charge in [0.1, 0.15) is 6.61 Å². The summed E-state index contributed by atoms with van der Waals surface area (Å²) in [6.45, 7) is 5.07. The van der Waals surface area contributed by atoms with Crippen molar-refractivity contribution in [2.45, 2.75) is 33.0 Å². The second-order valence-electron chi connectivity index (χ2n) is 7.62. The van der Waals surface area contributed by atoms with Gasteiger partial charge in [0.15, 0.2) is 11.5 Å². The molecule has 0 spiro atoms. The Morgan fingerprint density at radius 3 is 2.16 bits per heavy atom. The van der Waals surface area contributed by atoms with Gasteiger partial charge in [0.05, 0.1) is 11.5 Å². The summed E-state index contributed by atoms with van der Waals surface area (Å²) in [4.78, 5) is 26.0. The number of carbonyl (C=O) groups excluding carboxylic acids is 1. The number of nitro groups is 1. The molecule has 3 aromatic rings. The van der Waals surface area contributed by atoms with Crippen LogP contribution in [0.15, 0.2) is 78.9 Å². The molecule has 0 aromatic heterocycles. The highest BCUT2D eigenvalue weighted by Crippen LogP contribution is 2.29. The van der Waals surface area contributed by atoms with Crippen LogP contribution in [0.1, 0.15) is 35.3 Å². The molecular formula is C25H26N2O4. The second-order valence-corrected chi connectivity index (χ2v) is 7.62. The molecule has 0 unspecified atom stereocenters. The van der Waals surface area contributed by atoms with Gasteiger partial charge < -0.3 is 4.74 Å². The quantitative estimate of drug-likeness (QED) is 0.255. The Hall–Kier alpha value is -3.51. The lowest BCUT2D eigenvalue weighted by molar-refractivity contribution is -0.386. The number of Topliss-reactive ketones (excluding diaryl/α,β-unsaturated/α-hetero) is 1. The van der Waals surface area contributed by atoms with Gasteiger partial charge in [0.25, 0.3) is 0 Å². The molecule has 31 heavy (non-hydrogen) atoms. The molecule has 0 saturated heterocycles. The third kappa shape index (κ3) is 6.23. The first-order valence-corrected chi connectivity index (χ1v) is 10.2. The van der Waals surface area contributed by atoms with Crippen LogP contribution in [0.2, 0.25) is 0 Å². The molecule has 3 aromatic carbocycles. The fraction of sp³-hybridized carbons (Fsp3) is 0.240. The molecule has 0 aliphatic heterocycles.